The third kappa shape index (κ3) is 3.58. The van der Waals surface area contributed by atoms with Crippen LogP contribution >= 0.6 is 0 Å². The molecular weight excluding hydrogens is 298 g/mol. The third-order valence-electron chi connectivity index (χ3n) is 3.90. The molecule has 23 heavy (non-hydrogen) atoms. The molecule has 0 spiro atoms. The van der Waals surface area contributed by atoms with E-state index in [9.17, 15) is 14.4 Å². The lowest BCUT2D eigenvalue weighted by Gasteiger charge is -2.33. The molecule has 0 aromatic carbocycles. The van der Waals surface area contributed by atoms with E-state index in [1.165, 1.54) is 11.0 Å². The number of amides is 3. The first-order chi connectivity index (χ1) is 11.0. The minimum absolute atomic E-state index is 0.0191. The van der Waals surface area contributed by atoms with E-state index in [1.807, 2.05) is 11.6 Å². The van der Waals surface area contributed by atoms with E-state index in [1.54, 1.807) is 18.1 Å². The molecule has 1 aliphatic rings. The fourth-order valence-corrected chi connectivity index (χ4v) is 2.49. The first kappa shape index (κ1) is 16.7. The molecule has 1 N–H and O–H groups in total. The summed E-state index contributed by atoms with van der Waals surface area (Å²) < 4.78 is 1.81. The maximum Gasteiger partial charge on any atom is 0.248 e. The monoisotopic (exact) mass is 319 g/mol. The fourth-order valence-electron chi connectivity index (χ4n) is 2.49. The van der Waals surface area contributed by atoms with Crippen molar-refractivity contribution < 1.29 is 14.4 Å². The standard InChI is InChI=1S/C15H21N5O3/c1-4-13(22)19-7-8-20(14(23)10-19)15-17-9-11(18(15)3)5-6-12(21)16-2/h4,9H,1,5-8,10H2,2-3H3,(H,16,21). The number of nitrogens with zero attached hydrogens (tertiary/aromatic N) is 4. The lowest BCUT2D eigenvalue weighted by molar-refractivity contribution is -0.133. The second-order valence-corrected chi connectivity index (χ2v) is 5.29. The third-order valence-corrected chi connectivity index (χ3v) is 3.90. The molecule has 0 bridgehead atoms. The molecule has 0 atom stereocenters. The lowest BCUT2D eigenvalue weighted by atomic mass is 10.2. The summed E-state index contributed by atoms with van der Waals surface area (Å²) in [6.45, 7) is 4.28. The van der Waals surface area contributed by atoms with Gasteiger partial charge in [-0.25, -0.2) is 4.98 Å². The molecule has 0 aliphatic carbocycles. The van der Waals surface area contributed by atoms with Crippen LogP contribution in [0, 0.1) is 0 Å². The van der Waals surface area contributed by atoms with E-state index >= 15 is 0 Å². The first-order valence-corrected chi connectivity index (χ1v) is 7.40. The molecule has 1 saturated heterocycles. The zero-order chi connectivity index (χ0) is 17.0. The van der Waals surface area contributed by atoms with Crippen LogP contribution in [0.1, 0.15) is 12.1 Å². The number of carbonyl (C=O) groups is 3. The number of aromatic nitrogens is 2. The van der Waals surface area contributed by atoms with Gasteiger partial charge >= 0.3 is 0 Å². The van der Waals surface area contributed by atoms with Crippen LogP contribution in [0.15, 0.2) is 18.9 Å². The van der Waals surface area contributed by atoms with E-state index in [0.29, 0.717) is 31.9 Å². The van der Waals surface area contributed by atoms with Crippen molar-refractivity contribution >= 4 is 23.7 Å². The fraction of sp³-hybridized carbons (Fsp3) is 0.467. The van der Waals surface area contributed by atoms with Gasteiger partial charge < -0.3 is 14.8 Å². The number of carbonyl (C=O) groups excluding carboxylic acids is 3. The van der Waals surface area contributed by atoms with E-state index < -0.39 is 0 Å². The molecular formula is C15H21N5O3. The Hall–Kier alpha value is -2.64. The second-order valence-electron chi connectivity index (χ2n) is 5.29. The number of hydrogen-bond donors (Lipinski definition) is 1. The highest BCUT2D eigenvalue weighted by atomic mass is 16.2. The van der Waals surface area contributed by atoms with Gasteiger partial charge in [0, 0.05) is 39.3 Å². The highest BCUT2D eigenvalue weighted by Crippen LogP contribution is 2.18. The quantitative estimate of drug-likeness (QED) is 0.739. The van der Waals surface area contributed by atoms with Crippen LogP contribution < -0.4 is 10.2 Å². The molecule has 1 aliphatic heterocycles. The summed E-state index contributed by atoms with van der Waals surface area (Å²) >= 11 is 0. The summed E-state index contributed by atoms with van der Waals surface area (Å²) in [5, 5.41) is 2.57. The average Bonchev–Trinajstić information content (AvgIpc) is 2.92. The summed E-state index contributed by atoms with van der Waals surface area (Å²) in [5.41, 5.74) is 0.876. The lowest BCUT2D eigenvalue weighted by Crippen LogP contribution is -2.52. The minimum Gasteiger partial charge on any atom is -0.359 e. The van der Waals surface area contributed by atoms with Crippen LogP contribution in [0.5, 0.6) is 0 Å². The zero-order valence-corrected chi connectivity index (χ0v) is 13.4. The number of piperazine rings is 1. The number of rotatable bonds is 5. The molecule has 2 heterocycles. The molecule has 1 fully saturated rings. The maximum absolute atomic E-state index is 12.3. The van der Waals surface area contributed by atoms with Crippen LogP contribution in [0.4, 0.5) is 5.95 Å². The van der Waals surface area contributed by atoms with Crippen LogP contribution in [0.2, 0.25) is 0 Å². The predicted octanol–water partition coefficient (Wildman–Crippen LogP) is -0.540. The van der Waals surface area contributed by atoms with Gasteiger partial charge in [0.25, 0.3) is 0 Å². The van der Waals surface area contributed by atoms with Crippen molar-refractivity contribution in [1.29, 1.82) is 0 Å². The summed E-state index contributed by atoms with van der Waals surface area (Å²) in [5.74, 6) is 0.0649. The number of nitrogens with one attached hydrogen (secondary N) is 1. The highest BCUT2D eigenvalue weighted by Gasteiger charge is 2.29. The van der Waals surface area contributed by atoms with Gasteiger partial charge in [-0.15, -0.1) is 0 Å². The molecule has 0 radical (unpaired) electrons. The van der Waals surface area contributed by atoms with E-state index in [0.717, 1.165) is 5.69 Å². The first-order valence-electron chi connectivity index (χ1n) is 7.40. The van der Waals surface area contributed by atoms with E-state index in [2.05, 4.69) is 16.9 Å². The Morgan fingerprint density at radius 1 is 1.43 bits per heavy atom. The van der Waals surface area contributed by atoms with Crippen molar-refractivity contribution in [2.24, 2.45) is 7.05 Å². The molecule has 1 aromatic heterocycles. The van der Waals surface area contributed by atoms with E-state index in [-0.39, 0.29) is 24.3 Å². The van der Waals surface area contributed by atoms with Crippen molar-refractivity contribution in [3.05, 3.63) is 24.5 Å². The zero-order valence-electron chi connectivity index (χ0n) is 13.4. The Morgan fingerprint density at radius 2 is 2.17 bits per heavy atom. The van der Waals surface area contributed by atoms with Gasteiger partial charge in [-0.3, -0.25) is 19.3 Å². The smallest absolute Gasteiger partial charge is 0.248 e. The van der Waals surface area contributed by atoms with Crippen LogP contribution in [-0.4, -0.2) is 58.9 Å². The summed E-state index contributed by atoms with van der Waals surface area (Å²) in [4.78, 5) is 42.5. The van der Waals surface area contributed by atoms with Gasteiger partial charge in [0.1, 0.15) is 6.54 Å². The summed E-state index contributed by atoms with van der Waals surface area (Å²) in [7, 11) is 3.41. The topological polar surface area (TPSA) is 87.5 Å². The van der Waals surface area contributed by atoms with Gasteiger partial charge in [0.2, 0.25) is 23.7 Å². The van der Waals surface area contributed by atoms with Crippen molar-refractivity contribution in [3.8, 4) is 0 Å². The summed E-state index contributed by atoms with van der Waals surface area (Å²) in [6, 6.07) is 0. The second kappa shape index (κ2) is 7.08. The maximum atomic E-state index is 12.3. The molecule has 124 valence electrons. The Bertz CT molecular complexity index is 637. The SMILES string of the molecule is C=CC(=O)N1CCN(c2ncc(CCC(=O)NC)n2C)C(=O)C1. The van der Waals surface area contributed by atoms with Gasteiger partial charge in [0.05, 0.1) is 6.20 Å². The van der Waals surface area contributed by atoms with Crippen molar-refractivity contribution in [1.82, 2.24) is 19.8 Å². The molecule has 8 heteroatoms. The van der Waals surface area contributed by atoms with Gasteiger partial charge in [-0.1, -0.05) is 6.58 Å². The van der Waals surface area contributed by atoms with Crippen LogP contribution in [0.3, 0.4) is 0 Å². The number of aryl methyl sites for hydroxylation is 1. The molecule has 0 saturated carbocycles. The number of hydrogen-bond acceptors (Lipinski definition) is 4. The minimum atomic E-state index is -0.246. The molecule has 0 unspecified atom stereocenters. The Balaban J connectivity index is 2.07. The highest BCUT2D eigenvalue weighted by molar-refractivity contribution is 5.98. The summed E-state index contributed by atoms with van der Waals surface area (Å²) in [6.07, 6.45) is 3.80. The molecule has 1 aromatic rings. The van der Waals surface area contributed by atoms with Gasteiger partial charge in [-0.05, 0) is 12.5 Å². The van der Waals surface area contributed by atoms with Crippen LogP contribution in [0.25, 0.3) is 0 Å². The normalized spacial score (nSPS) is 14.8. The van der Waals surface area contributed by atoms with Gasteiger partial charge in [0.15, 0.2) is 0 Å². The predicted molar refractivity (Wildman–Crippen MR) is 84.7 cm³/mol. The van der Waals surface area contributed by atoms with Gasteiger partial charge in [-0.2, -0.15) is 0 Å². The Labute approximate surface area is 134 Å². The number of anilines is 1. The average molecular weight is 319 g/mol. The van der Waals surface area contributed by atoms with Crippen molar-refractivity contribution in [2.45, 2.75) is 12.8 Å². The largest absolute Gasteiger partial charge is 0.359 e. The van der Waals surface area contributed by atoms with Crippen LogP contribution in [-0.2, 0) is 27.9 Å². The molecule has 8 nitrogen and oxygen atoms in total. The van der Waals surface area contributed by atoms with E-state index in [4.69, 9.17) is 0 Å². The molecule has 3 amide bonds. The Morgan fingerprint density at radius 3 is 2.78 bits per heavy atom. The van der Waals surface area contributed by atoms with Crippen molar-refractivity contribution in [2.75, 3.05) is 31.6 Å². The molecule has 2 rings (SSSR count). The Kier molecular flexibility index (Phi) is 5.15. The number of imidazole rings is 1. The van der Waals surface area contributed by atoms with Crippen molar-refractivity contribution in [3.63, 3.8) is 0 Å².